The van der Waals surface area contributed by atoms with Crippen molar-refractivity contribution < 1.29 is 65.9 Å². The number of rotatable bonds is 7. The van der Waals surface area contributed by atoms with Gasteiger partial charge < -0.3 is 10.6 Å². The number of nitrogens with zero attached hydrogens (tertiary/aromatic N) is 1. The first kappa shape index (κ1) is 34.8. The van der Waals surface area contributed by atoms with Crippen LogP contribution in [0.5, 0.6) is 0 Å². The predicted molar refractivity (Wildman–Crippen MR) is 145 cm³/mol. The molecule has 0 bridgehead atoms. The largest absolute Gasteiger partial charge is 0.422 e. The summed E-state index contributed by atoms with van der Waals surface area (Å²) < 4.78 is 224. The van der Waals surface area contributed by atoms with E-state index in [1.165, 1.54) is 36.4 Å². The first-order valence-corrected chi connectivity index (χ1v) is 13.1. The van der Waals surface area contributed by atoms with Crippen LogP contribution in [0.25, 0.3) is 0 Å². The average Bonchev–Trinajstić information content (AvgIpc) is 3.06. The molecule has 0 spiro atoms. The molecule has 0 aliphatic carbocycles. The highest BCUT2D eigenvalue weighted by Gasteiger charge is 2.46. The van der Waals surface area contributed by atoms with E-state index in [0.717, 1.165) is 24.3 Å². The number of alkyl halides is 3. The van der Waals surface area contributed by atoms with E-state index < -0.39 is 115 Å². The van der Waals surface area contributed by atoms with Gasteiger partial charge in [0.1, 0.15) is 34.0 Å². The molecule has 0 aromatic heterocycles. The molecule has 0 aliphatic heterocycles. The molecule has 0 aliphatic rings. The van der Waals surface area contributed by atoms with Gasteiger partial charge in [0, 0.05) is 11.4 Å². The highest BCUT2D eigenvalue weighted by atomic mass is 19.4. The highest BCUT2D eigenvalue weighted by molar-refractivity contribution is 5.82. The monoisotopic (exact) mass is 711 g/mol. The molecule has 3 nitrogen and oxygen atoms in total. The van der Waals surface area contributed by atoms with E-state index in [-0.39, 0.29) is 11.4 Å². The Labute approximate surface area is 263 Å². The van der Waals surface area contributed by atoms with Crippen molar-refractivity contribution in [2.45, 2.75) is 6.18 Å². The minimum absolute atomic E-state index is 0.254. The lowest BCUT2D eigenvalue weighted by molar-refractivity contribution is -0.143. The molecule has 0 fully saturated rings. The van der Waals surface area contributed by atoms with Crippen LogP contribution in [-0.4, -0.2) is 0 Å². The van der Waals surface area contributed by atoms with Crippen LogP contribution in [0.4, 0.5) is 106 Å². The molecule has 256 valence electrons. The minimum Gasteiger partial charge on any atom is -0.351 e. The van der Waals surface area contributed by atoms with Gasteiger partial charge in [-0.3, -0.25) is 4.90 Å². The number of anilines is 7. The Kier molecular flexibility index (Phi) is 9.09. The maximum absolute atomic E-state index is 15.7. The van der Waals surface area contributed by atoms with E-state index >= 15 is 43.9 Å². The van der Waals surface area contributed by atoms with Crippen LogP contribution in [0.15, 0.2) is 60.7 Å². The fraction of sp³-hybridized carbons (Fsp3) is 0.0323. The molecule has 0 unspecified atom stereocenters. The van der Waals surface area contributed by atoms with Crippen molar-refractivity contribution in [3.8, 4) is 0 Å². The van der Waals surface area contributed by atoms with Gasteiger partial charge in [-0.2, -0.15) is 13.2 Å². The normalized spacial score (nSPS) is 11.6. The molecular weight excluding hydrogens is 699 g/mol. The highest BCUT2D eigenvalue weighted by Crippen LogP contribution is 2.50. The Bertz CT molecular complexity index is 1890. The Balaban J connectivity index is 1.89. The van der Waals surface area contributed by atoms with Gasteiger partial charge in [0.2, 0.25) is 0 Å². The van der Waals surface area contributed by atoms with Crippen molar-refractivity contribution in [3.63, 3.8) is 0 Å². The summed E-state index contributed by atoms with van der Waals surface area (Å²) in [5.41, 5.74) is -15.6. The van der Waals surface area contributed by atoms with Crippen LogP contribution in [-0.2, 0) is 6.18 Å². The smallest absolute Gasteiger partial charge is 0.351 e. The number of nitrogens with one attached hydrogen (secondary N) is 2. The van der Waals surface area contributed by atoms with Gasteiger partial charge in [0.25, 0.3) is 0 Å². The van der Waals surface area contributed by atoms with Gasteiger partial charge in [-0.15, -0.1) is 0 Å². The van der Waals surface area contributed by atoms with Crippen LogP contribution < -0.4 is 15.5 Å². The zero-order chi connectivity index (χ0) is 36.1. The quantitative estimate of drug-likeness (QED) is 0.130. The second-order valence-corrected chi connectivity index (χ2v) is 9.75. The molecule has 5 aromatic rings. The minimum atomic E-state index is -6.22. The lowest BCUT2D eigenvalue weighted by Gasteiger charge is -2.29. The number of halogens is 15. The number of hydrogen-bond acceptors (Lipinski definition) is 3. The molecule has 5 aromatic carbocycles. The molecule has 5 rings (SSSR count). The van der Waals surface area contributed by atoms with Crippen LogP contribution in [0.3, 0.4) is 0 Å². The molecule has 0 radical (unpaired) electrons. The number of benzene rings is 5. The Morgan fingerprint density at radius 3 is 0.898 bits per heavy atom. The summed E-state index contributed by atoms with van der Waals surface area (Å²) in [6, 6.07) is 12.3. The molecule has 0 saturated carbocycles. The summed E-state index contributed by atoms with van der Waals surface area (Å²) in [7, 11) is 0. The Hall–Kier alpha value is -5.55. The third kappa shape index (κ3) is 5.91. The Morgan fingerprint density at radius 1 is 0.367 bits per heavy atom. The topological polar surface area (TPSA) is 27.3 Å². The molecular formula is C31H12F15N3. The predicted octanol–water partition coefficient (Wildman–Crippen LogP) is 11.3. The molecule has 0 heterocycles. The van der Waals surface area contributed by atoms with Crippen LogP contribution >= 0.6 is 0 Å². The van der Waals surface area contributed by atoms with Gasteiger partial charge in [0.15, 0.2) is 69.8 Å². The number of hydrogen-bond donors (Lipinski definition) is 2. The summed E-state index contributed by atoms with van der Waals surface area (Å²) in [5, 5.41) is 3.77. The van der Waals surface area contributed by atoms with E-state index in [1.807, 2.05) is 10.6 Å². The van der Waals surface area contributed by atoms with Gasteiger partial charge in [-0.25, -0.2) is 52.7 Å². The van der Waals surface area contributed by atoms with E-state index in [2.05, 4.69) is 0 Å². The van der Waals surface area contributed by atoms with E-state index in [1.54, 1.807) is 0 Å². The maximum atomic E-state index is 15.7. The third-order valence-corrected chi connectivity index (χ3v) is 6.76. The van der Waals surface area contributed by atoms with Crippen LogP contribution in [0.2, 0.25) is 0 Å². The fourth-order valence-corrected chi connectivity index (χ4v) is 4.58. The van der Waals surface area contributed by atoms with Crippen molar-refractivity contribution in [2.75, 3.05) is 15.5 Å². The molecule has 0 saturated heterocycles. The van der Waals surface area contributed by atoms with Gasteiger partial charge in [0.05, 0.1) is 0 Å². The van der Waals surface area contributed by atoms with Crippen LogP contribution in [0.1, 0.15) is 5.56 Å². The molecule has 2 N–H and O–H groups in total. The molecule has 49 heavy (non-hydrogen) atoms. The molecule has 0 amide bonds. The number of para-hydroxylation sites is 2. The van der Waals surface area contributed by atoms with Crippen molar-refractivity contribution in [1.82, 2.24) is 0 Å². The van der Waals surface area contributed by atoms with Gasteiger partial charge >= 0.3 is 6.18 Å². The standard InChI is InChI=1S/C31H12F15N3/c32-14-13(31(44,45)46)15(33)21(39)28(20(14)38)49(29-22(40)16(34)26(17(35)23(29)41)47-11-7-3-1-4-8-11)30-24(42)18(36)27(19(37)25(30)43)48-12-9-5-2-6-10-12/h1-10,47-48H. The lowest BCUT2D eigenvalue weighted by atomic mass is 10.1. The second kappa shape index (κ2) is 12.8. The van der Waals surface area contributed by atoms with Crippen molar-refractivity contribution in [2.24, 2.45) is 0 Å². The summed E-state index contributed by atoms with van der Waals surface area (Å²) in [6.45, 7) is 0. The van der Waals surface area contributed by atoms with Gasteiger partial charge in [-0.1, -0.05) is 36.4 Å². The van der Waals surface area contributed by atoms with Crippen molar-refractivity contribution in [1.29, 1.82) is 0 Å². The molecule has 18 heteroatoms. The first-order chi connectivity index (χ1) is 23.0. The van der Waals surface area contributed by atoms with E-state index in [4.69, 9.17) is 0 Å². The first-order valence-electron chi connectivity index (χ1n) is 13.1. The fourth-order valence-electron chi connectivity index (χ4n) is 4.58. The van der Waals surface area contributed by atoms with Crippen molar-refractivity contribution >= 4 is 39.8 Å². The SMILES string of the molecule is Fc1c(F)c(N(c2c(F)c(F)c(Nc3ccccc3)c(F)c2F)c2c(F)c(F)c(C(F)(F)F)c(F)c2F)c(F)c(F)c1Nc1ccccc1. The van der Waals surface area contributed by atoms with E-state index in [0.29, 0.717) is 0 Å². The third-order valence-electron chi connectivity index (χ3n) is 6.76. The van der Waals surface area contributed by atoms with Crippen molar-refractivity contribution in [3.05, 3.63) is 136 Å². The van der Waals surface area contributed by atoms with Crippen LogP contribution in [0, 0.1) is 69.8 Å². The second-order valence-electron chi connectivity index (χ2n) is 9.75. The summed E-state index contributed by atoms with van der Waals surface area (Å²) in [6.07, 6.45) is -6.22. The maximum Gasteiger partial charge on any atom is 0.422 e. The average molecular weight is 711 g/mol. The zero-order valence-electron chi connectivity index (χ0n) is 23.4. The van der Waals surface area contributed by atoms with E-state index in [9.17, 15) is 22.0 Å². The summed E-state index contributed by atoms with van der Waals surface area (Å²) >= 11 is 0. The van der Waals surface area contributed by atoms with Gasteiger partial charge in [-0.05, 0) is 24.3 Å². The Morgan fingerprint density at radius 2 is 0.633 bits per heavy atom. The lowest BCUT2D eigenvalue weighted by Crippen LogP contribution is -2.25. The summed E-state index contributed by atoms with van der Waals surface area (Å²) in [4.78, 5) is -1.41. The summed E-state index contributed by atoms with van der Waals surface area (Å²) in [5.74, 6) is -35.1. The zero-order valence-corrected chi connectivity index (χ0v) is 23.4. The molecule has 0 atom stereocenters.